The number of ether oxygens (including phenoxy) is 1. The number of carbonyl (C=O) groups is 2. The van der Waals surface area contributed by atoms with Gasteiger partial charge in [0, 0.05) is 13.1 Å². The van der Waals surface area contributed by atoms with Crippen LogP contribution in [0.5, 0.6) is 5.75 Å². The first kappa shape index (κ1) is 15.8. The van der Waals surface area contributed by atoms with Crippen LogP contribution in [0.15, 0.2) is 24.3 Å². The fraction of sp³-hybridized carbons (Fsp3) is 0.471. The van der Waals surface area contributed by atoms with Crippen LogP contribution in [-0.2, 0) is 9.59 Å². The second-order valence-corrected chi connectivity index (χ2v) is 5.92. The average Bonchev–Trinajstić information content (AvgIpc) is 2.57. The first-order chi connectivity index (χ1) is 11.2. The van der Waals surface area contributed by atoms with Gasteiger partial charge in [-0.15, -0.1) is 0 Å². The number of rotatable bonds is 5. The van der Waals surface area contributed by atoms with Gasteiger partial charge in [0.05, 0.1) is 11.7 Å². The number of para-hydroxylation sites is 2. The van der Waals surface area contributed by atoms with Crippen molar-refractivity contribution < 1.29 is 14.3 Å². The second-order valence-electron chi connectivity index (χ2n) is 5.92. The van der Waals surface area contributed by atoms with E-state index in [9.17, 15) is 9.59 Å². The number of nitrogens with two attached hydrogens (primary N) is 1. The molecule has 1 unspecified atom stereocenters. The SMILES string of the molecule is NC(=O)C1C[CH]CCN1CCCN1C(=O)COc2ccccc21. The number of anilines is 1. The van der Waals surface area contributed by atoms with Gasteiger partial charge in [0.1, 0.15) is 5.75 Å². The number of amides is 2. The molecule has 0 aliphatic carbocycles. The van der Waals surface area contributed by atoms with Crippen molar-refractivity contribution in [1.29, 1.82) is 0 Å². The van der Waals surface area contributed by atoms with Crippen molar-refractivity contribution in [3.8, 4) is 5.75 Å². The highest BCUT2D eigenvalue weighted by Gasteiger charge is 2.28. The average molecular weight is 316 g/mol. The van der Waals surface area contributed by atoms with Gasteiger partial charge in [-0.25, -0.2) is 0 Å². The Morgan fingerprint density at radius 1 is 1.30 bits per heavy atom. The van der Waals surface area contributed by atoms with Crippen LogP contribution in [0, 0.1) is 6.42 Å². The fourth-order valence-electron chi connectivity index (χ4n) is 3.23. The van der Waals surface area contributed by atoms with Crippen molar-refractivity contribution in [2.24, 2.45) is 5.73 Å². The Morgan fingerprint density at radius 2 is 2.13 bits per heavy atom. The third kappa shape index (κ3) is 3.47. The summed E-state index contributed by atoms with van der Waals surface area (Å²) in [6, 6.07) is 7.36. The molecule has 1 aromatic carbocycles. The lowest BCUT2D eigenvalue weighted by Gasteiger charge is -2.34. The van der Waals surface area contributed by atoms with Gasteiger partial charge in [-0.2, -0.15) is 0 Å². The minimum absolute atomic E-state index is 0.0258. The molecule has 0 bridgehead atoms. The van der Waals surface area contributed by atoms with E-state index in [1.165, 1.54) is 0 Å². The number of likely N-dealkylation sites (tertiary alicyclic amines) is 1. The van der Waals surface area contributed by atoms with Crippen molar-refractivity contribution in [3.05, 3.63) is 30.7 Å². The number of fused-ring (bicyclic) bond motifs is 1. The van der Waals surface area contributed by atoms with Crippen LogP contribution < -0.4 is 15.4 Å². The summed E-state index contributed by atoms with van der Waals surface area (Å²) in [7, 11) is 0. The van der Waals surface area contributed by atoms with E-state index < -0.39 is 0 Å². The van der Waals surface area contributed by atoms with Gasteiger partial charge in [-0.3, -0.25) is 14.5 Å². The molecule has 1 aromatic rings. The minimum atomic E-state index is -0.270. The van der Waals surface area contributed by atoms with Gasteiger partial charge in [0.15, 0.2) is 6.61 Å². The Hall–Kier alpha value is -2.08. The van der Waals surface area contributed by atoms with E-state index in [4.69, 9.17) is 10.5 Å². The molecule has 3 rings (SSSR count). The Balaban J connectivity index is 1.60. The van der Waals surface area contributed by atoms with E-state index in [-0.39, 0.29) is 24.5 Å². The van der Waals surface area contributed by atoms with Crippen molar-refractivity contribution in [2.45, 2.75) is 25.3 Å². The Morgan fingerprint density at radius 3 is 2.96 bits per heavy atom. The van der Waals surface area contributed by atoms with Crippen molar-refractivity contribution in [3.63, 3.8) is 0 Å². The van der Waals surface area contributed by atoms with Crippen LogP contribution in [0.1, 0.15) is 19.3 Å². The molecule has 1 saturated heterocycles. The number of carbonyl (C=O) groups excluding carboxylic acids is 2. The van der Waals surface area contributed by atoms with Gasteiger partial charge in [-0.1, -0.05) is 12.1 Å². The summed E-state index contributed by atoms with van der Waals surface area (Å²) in [5.74, 6) is 0.450. The van der Waals surface area contributed by atoms with Crippen molar-refractivity contribution in [1.82, 2.24) is 4.90 Å². The molecular formula is C17H22N3O3. The largest absolute Gasteiger partial charge is 0.482 e. The lowest BCUT2D eigenvalue weighted by atomic mass is 10.0. The number of hydrogen-bond acceptors (Lipinski definition) is 4. The van der Waals surface area contributed by atoms with Crippen LogP contribution in [-0.4, -0.2) is 49.0 Å². The summed E-state index contributed by atoms with van der Waals surface area (Å²) in [6.45, 7) is 2.31. The van der Waals surface area contributed by atoms with Gasteiger partial charge >= 0.3 is 0 Å². The van der Waals surface area contributed by atoms with E-state index in [0.717, 1.165) is 37.4 Å². The minimum Gasteiger partial charge on any atom is -0.482 e. The summed E-state index contributed by atoms with van der Waals surface area (Å²) < 4.78 is 5.44. The normalized spacial score (nSPS) is 21.7. The number of primary amides is 1. The van der Waals surface area contributed by atoms with Crippen LogP contribution in [0.2, 0.25) is 0 Å². The Kier molecular flexibility index (Phi) is 4.81. The monoisotopic (exact) mass is 316 g/mol. The highest BCUT2D eigenvalue weighted by molar-refractivity contribution is 5.97. The summed E-state index contributed by atoms with van der Waals surface area (Å²) in [6.07, 6.45) is 4.61. The zero-order valence-corrected chi connectivity index (χ0v) is 13.1. The highest BCUT2D eigenvalue weighted by atomic mass is 16.5. The molecule has 23 heavy (non-hydrogen) atoms. The molecule has 6 heteroatoms. The third-order valence-corrected chi connectivity index (χ3v) is 4.41. The molecule has 6 nitrogen and oxygen atoms in total. The first-order valence-corrected chi connectivity index (χ1v) is 8.04. The summed E-state index contributed by atoms with van der Waals surface area (Å²) in [4.78, 5) is 27.5. The molecular weight excluding hydrogens is 294 g/mol. The number of benzene rings is 1. The summed E-state index contributed by atoms with van der Waals surface area (Å²) in [5.41, 5.74) is 6.30. The molecule has 1 fully saturated rings. The standard InChI is InChI=1S/C17H22N3O3/c18-17(22)14-7-3-4-9-19(14)10-5-11-20-13-6-1-2-8-15(13)23-12-16(20)21/h1-3,6,8,14H,4-5,7,9-12H2,(H2,18,22). The van der Waals surface area contributed by atoms with Gasteiger partial charge in [0.2, 0.25) is 5.91 Å². The predicted octanol–water partition coefficient (Wildman–Crippen LogP) is 0.956. The van der Waals surface area contributed by atoms with Gasteiger partial charge < -0.3 is 15.4 Å². The van der Waals surface area contributed by atoms with E-state index in [1.54, 1.807) is 4.90 Å². The van der Waals surface area contributed by atoms with Gasteiger partial charge in [-0.05, 0) is 44.4 Å². The second kappa shape index (κ2) is 7.00. The molecule has 2 aliphatic heterocycles. The van der Waals surface area contributed by atoms with E-state index in [1.807, 2.05) is 24.3 Å². The van der Waals surface area contributed by atoms with Crippen LogP contribution in [0.4, 0.5) is 5.69 Å². The maximum atomic E-state index is 12.1. The Labute approximate surface area is 136 Å². The topological polar surface area (TPSA) is 75.9 Å². The fourth-order valence-corrected chi connectivity index (χ4v) is 3.23. The summed E-state index contributed by atoms with van der Waals surface area (Å²) >= 11 is 0. The lowest BCUT2D eigenvalue weighted by molar-refractivity contribution is -0.124. The van der Waals surface area contributed by atoms with Crippen LogP contribution in [0.25, 0.3) is 0 Å². The van der Waals surface area contributed by atoms with E-state index in [0.29, 0.717) is 13.0 Å². The lowest BCUT2D eigenvalue weighted by Crippen LogP contribution is -2.49. The number of nitrogens with zero attached hydrogens (tertiary/aromatic N) is 2. The molecule has 0 aromatic heterocycles. The molecule has 123 valence electrons. The van der Waals surface area contributed by atoms with Gasteiger partial charge in [0.25, 0.3) is 5.91 Å². The third-order valence-electron chi connectivity index (χ3n) is 4.41. The van der Waals surface area contributed by atoms with Crippen LogP contribution >= 0.6 is 0 Å². The quantitative estimate of drug-likeness (QED) is 0.878. The smallest absolute Gasteiger partial charge is 0.265 e. The molecule has 2 amide bonds. The molecule has 2 heterocycles. The maximum Gasteiger partial charge on any atom is 0.265 e. The van der Waals surface area contributed by atoms with E-state index >= 15 is 0 Å². The van der Waals surface area contributed by atoms with Crippen LogP contribution in [0.3, 0.4) is 0 Å². The molecule has 0 spiro atoms. The highest BCUT2D eigenvalue weighted by Crippen LogP contribution is 2.31. The molecule has 2 aliphatic rings. The Bertz CT molecular complexity index is 590. The molecule has 2 N–H and O–H groups in total. The number of hydrogen-bond donors (Lipinski definition) is 1. The van der Waals surface area contributed by atoms with Crippen molar-refractivity contribution in [2.75, 3.05) is 31.1 Å². The summed E-state index contributed by atoms with van der Waals surface area (Å²) in [5, 5.41) is 0. The maximum absolute atomic E-state index is 12.1. The zero-order valence-electron chi connectivity index (χ0n) is 13.1. The first-order valence-electron chi connectivity index (χ1n) is 8.04. The number of piperidine rings is 1. The predicted molar refractivity (Wildman–Crippen MR) is 87.0 cm³/mol. The molecule has 1 atom stereocenters. The van der Waals surface area contributed by atoms with Crippen molar-refractivity contribution >= 4 is 17.5 Å². The molecule has 1 radical (unpaired) electrons. The zero-order chi connectivity index (χ0) is 16.2. The molecule has 0 saturated carbocycles. The van der Waals surface area contributed by atoms with E-state index in [2.05, 4.69) is 11.3 Å².